The van der Waals surface area contributed by atoms with Crippen LogP contribution in [0.2, 0.25) is 0 Å². The van der Waals surface area contributed by atoms with Gasteiger partial charge in [-0.1, -0.05) is 40.2 Å². The highest BCUT2D eigenvalue weighted by molar-refractivity contribution is 9.11. The molecule has 3 rings (SSSR count). The fourth-order valence-corrected chi connectivity index (χ4v) is 6.01. The molecule has 23 heavy (non-hydrogen) atoms. The van der Waals surface area contributed by atoms with Crippen molar-refractivity contribution in [1.29, 1.82) is 0 Å². The molecule has 1 aliphatic rings. The maximum Gasteiger partial charge on any atom is 0.175 e. The normalized spacial score (nSPS) is 24.7. The quantitative estimate of drug-likeness (QED) is 0.668. The van der Waals surface area contributed by atoms with E-state index in [4.69, 9.17) is 0 Å². The number of halogens is 2. The monoisotopic (exact) mass is 414 g/mol. The van der Waals surface area contributed by atoms with Crippen LogP contribution < -0.4 is 0 Å². The molecule has 1 saturated heterocycles. The molecule has 0 aromatic heterocycles. The molecular formula is C17H16BrFO2S2. The van der Waals surface area contributed by atoms with Crippen molar-refractivity contribution in [1.82, 2.24) is 0 Å². The summed E-state index contributed by atoms with van der Waals surface area (Å²) in [5, 5.41) is 0.226. The van der Waals surface area contributed by atoms with Crippen LogP contribution in [0.25, 0.3) is 0 Å². The van der Waals surface area contributed by atoms with Crippen molar-refractivity contribution < 1.29 is 12.8 Å². The highest BCUT2D eigenvalue weighted by Crippen LogP contribution is 2.55. The molecule has 2 nitrogen and oxygen atoms in total. The Labute approximate surface area is 148 Å². The van der Waals surface area contributed by atoms with E-state index in [2.05, 4.69) is 15.9 Å². The van der Waals surface area contributed by atoms with E-state index in [9.17, 15) is 12.8 Å². The molecule has 0 N–H and O–H groups in total. The van der Waals surface area contributed by atoms with Crippen molar-refractivity contribution >= 4 is 37.5 Å². The predicted octanol–water partition coefficient (Wildman–Crippen LogP) is 4.91. The van der Waals surface area contributed by atoms with Crippen LogP contribution in [0.1, 0.15) is 28.7 Å². The number of sulfone groups is 1. The number of hydrogen-bond acceptors (Lipinski definition) is 3. The molecule has 2 aromatic rings. The van der Waals surface area contributed by atoms with Gasteiger partial charge in [0.2, 0.25) is 0 Å². The summed E-state index contributed by atoms with van der Waals surface area (Å²) in [6.45, 7) is 0. The van der Waals surface area contributed by atoms with Gasteiger partial charge in [-0.3, -0.25) is 0 Å². The topological polar surface area (TPSA) is 34.1 Å². The van der Waals surface area contributed by atoms with Gasteiger partial charge in [-0.15, -0.1) is 11.8 Å². The van der Waals surface area contributed by atoms with Crippen molar-refractivity contribution in [3.05, 3.63) is 65.5 Å². The maximum atomic E-state index is 13.2. The smallest absolute Gasteiger partial charge is 0.175 e. The largest absolute Gasteiger partial charge is 0.224 e. The first-order chi connectivity index (χ1) is 10.8. The maximum absolute atomic E-state index is 13.2. The minimum Gasteiger partial charge on any atom is -0.224 e. The zero-order chi connectivity index (χ0) is 16.6. The van der Waals surface area contributed by atoms with Gasteiger partial charge in [0.25, 0.3) is 0 Å². The van der Waals surface area contributed by atoms with Crippen LogP contribution in [-0.2, 0) is 9.84 Å². The average molecular weight is 415 g/mol. The molecule has 3 atom stereocenters. The number of thioether (sulfide) groups is 1. The molecule has 6 heteroatoms. The summed E-state index contributed by atoms with van der Waals surface area (Å²) in [4.78, 5) is 0.334. The molecule has 0 saturated carbocycles. The predicted molar refractivity (Wildman–Crippen MR) is 96.4 cm³/mol. The van der Waals surface area contributed by atoms with Crippen LogP contribution >= 0.6 is 27.7 Å². The molecule has 122 valence electrons. The van der Waals surface area contributed by atoms with Gasteiger partial charge in [-0.25, -0.2) is 12.8 Å². The molecular weight excluding hydrogens is 399 g/mol. The number of rotatable bonds is 3. The van der Waals surface area contributed by atoms with Gasteiger partial charge in [0.15, 0.2) is 9.84 Å². The second-order valence-electron chi connectivity index (χ2n) is 5.70. The average Bonchev–Trinajstić information content (AvgIpc) is 2.89. The number of alkyl halides is 1. The van der Waals surface area contributed by atoms with Crippen molar-refractivity contribution in [3.8, 4) is 0 Å². The van der Waals surface area contributed by atoms with Crippen molar-refractivity contribution in [3.63, 3.8) is 0 Å². The second kappa shape index (κ2) is 6.57. The van der Waals surface area contributed by atoms with E-state index in [1.54, 1.807) is 12.1 Å². The van der Waals surface area contributed by atoms with Gasteiger partial charge in [0, 0.05) is 17.4 Å². The van der Waals surface area contributed by atoms with Gasteiger partial charge in [0.1, 0.15) is 5.82 Å². The Bertz CT molecular complexity index is 788. The van der Waals surface area contributed by atoms with Crippen molar-refractivity contribution in [2.75, 3.05) is 6.26 Å². The summed E-state index contributed by atoms with van der Waals surface area (Å²) in [5.41, 5.74) is 2.21. The lowest BCUT2D eigenvalue weighted by Gasteiger charge is -2.19. The number of benzene rings is 2. The van der Waals surface area contributed by atoms with Crippen molar-refractivity contribution in [2.24, 2.45) is 0 Å². The van der Waals surface area contributed by atoms with E-state index in [0.29, 0.717) is 9.05 Å². The molecule has 3 unspecified atom stereocenters. The Morgan fingerprint density at radius 2 is 1.61 bits per heavy atom. The standard InChI is InChI=1S/C17H16BrFO2S2/c1-23(20,21)14-8-4-11(5-9-14)15-10-16(18)22-17(15)12-2-6-13(19)7-3-12/h2-9,15-17H,10H2,1H3. The van der Waals surface area contributed by atoms with E-state index in [-0.39, 0.29) is 17.0 Å². The molecule has 1 aliphatic heterocycles. The summed E-state index contributed by atoms with van der Waals surface area (Å²) in [5.74, 6) is 0.0321. The summed E-state index contributed by atoms with van der Waals surface area (Å²) >= 11 is 5.48. The minimum absolute atomic E-state index is 0.226. The molecule has 2 aromatic carbocycles. The lowest BCUT2D eigenvalue weighted by atomic mass is 9.90. The SMILES string of the molecule is CS(=O)(=O)c1ccc(C2CC(Br)SC2c2ccc(F)cc2)cc1. The Balaban J connectivity index is 1.92. The summed E-state index contributed by atoms with van der Waals surface area (Å²) in [6.07, 6.45) is 2.16. The Kier molecular flexibility index (Phi) is 4.85. The Morgan fingerprint density at radius 3 is 2.17 bits per heavy atom. The van der Waals surface area contributed by atoms with Crippen molar-refractivity contribution in [2.45, 2.75) is 26.6 Å². The van der Waals surface area contributed by atoms with E-state index in [0.717, 1.165) is 17.5 Å². The first-order valence-corrected chi connectivity index (χ1v) is 10.9. The zero-order valence-corrected chi connectivity index (χ0v) is 15.7. The lowest BCUT2D eigenvalue weighted by molar-refractivity contribution is 0.601. The first kappa shape index (κ1) is 17.0. The van der Waals surface area contributed by atoms with Gasteiger partial charge in [0.05, 0.1) is 9.05 Å². The fourth-order valence-electron chi connectivity index (χ4n) is 2.87. The third-order valence-corrected chi connectivity index (χ3v) is 7.57. The van der Waals surface area contributed by atoms with Crippen LogP contribution in [0.5, 0.6) is 0 Å². The highest BCUT2D eigenvalue weighted by atomic mass is 79.9. The van der Waals surface area contributed by atoms with Crippen LogP contribution in [0.3, 0.4) is 0 Å². The fraction of sp³-hybridized carbons (Fsp3) is 0.294. The van der Waals surface area contributed by atoms with Gasteiger partial charge in [-0.2, -0.15) is 0 Å². The van der Waals surface area contributed by atoms with E-state index in [1.807, 2.05) is 36.0 Å². The summed E-state index contributed by atoms with van der Waals surface area (Å²) in [7, 11) is -3.18. The molecule has 0 aliphatic carbocycles. The second-order valence-corrected chi connectivity index (χ2v) is 10.8. The van der Waals surface area contributed by atoms with E-state index >= 15 is 0 Å². The summed E-state index contributed by atoms with van der Waals surface area (Å²) < 4.78 is 36.7. The molecule has 0 spiro atoms. The molecule has 0 amide bonds. The van der Waals surface area contributed by atoms with E-state index < -0.39 is 9.84 Å². The third kappa shape index (κ3) is 3.80. The van der Waals surface area contributed by atoms with Gasteiger partial charge in [-0.05, 0) is 41.8 Å². The molecule has 0 bridgehead atoms. The Hall–Kier alpha value is -0.850. The third-order valence-electron chi connectivity index (χ3n) is 4.03. The van der Waals surface area contributed by atoms with Crippen LogP contribution in [-0.4, -0.2) is 18.8 Å². The van der Waals surface area contributed by atoms with Crippen LogP contribution in [0.15, 0.2) is 53.4 Å². The Morgan fingerprint density at radius 1 is 1.04 bits per heavy atom. The first-order valence-electron chi connectivity index (χ1n) is 7.19. The summed E-state index contributed by atoms with van der Waals surface area (Å²) in [6, 6.07) is 13.7. The lowest BCUT2D eigenvalue weighted by Crippen LogP contribution is -2.04. The van der Waals surface area contributed by atoms with Crippen LogP contribution in [0, 0.1) is 5.82 Å². The molecule has 1 heterocycles. The molecule has 1 fully saturated rings. The number of hydrogen-bond donors (Lipinski definition) is 0. The minimum atomic E-state index is -3.18. The molecule has 0 radical (unpaired) electrons. The van der Waals surface area contributed by atoms with Gasteiger partial charge < -0.3 is 0 Å². The van der Waals surface area contributed by atoms with E-state index in [1.165, 1.54) is 18.4 Å². The zero-order valence-electron chi connectivity index (χ0n) is 12.4. The van der Waals surface area contributed by atoms with Crippen LogP contribution in [0.4, 0.5) is 4.39 Å². The highest BCUT2D eigenvalue weighted by Gasteiger charge is 2.35. The van der Waals surface area contributed by atoms with Gasteiger partial charge >= 0.3 is 0 Å².